The minimum atomic E-state index is -0.320. The molecule has 1 aliphatic heterocycles. The highest BCUT2D eigenvalue weighted by molar-refractivity contribution is 6.07. The number of benzene rings is 1. The van der Waals surface area contributed by atoms with Gasteiger partial charge in [0.05, 0.1) is 6.61 Å². The third-order valence-corrected chi connectivity index (χ3v) is 5.29. The Kier molecular flexibility index (Phi) is 5.43. The number of rotatable bonds is 6. The topological polar surface area (TPSA) is 99.4 Å². The van der Waals surface area contributed by atoms with E-state index in [0.29, 0.717) is 24.1 Å². The summed E-state index contributed by atoms with van der Waals surface area (Å²) in [5.74, 6) is 2.31. The zero-order valence-electron chi connectivity index (χ0n) is 16.1. The molecule has 7 nitrogen and oxygen atoms in total. The van der Waals surface area contributed by atoms with Crippen LogP contribution in [0.1, 0.15) is 53.3 Å². The Morgan fingerprint density at radius 2 is 2.07 bits per heavy atom. The standard InChI is InChI=1S/C21H26N4O3/c1-13-2-5-16(10-18(13)28-12-14-6-8-27-9-7-14)24-21(26)17-11-23-20(15-3-4-15)25-19(17)22/h2,5,10-11,14-15H,3-4,6-9,12H2,1H3,(H,24,26)(H2,22,23,25). The molecule has 1 aromatic heterocycles. The van der Waals surface area contributed by atoms with E-state index < -0.39 is 0 Å². The molecule has 0 spiro atoms. The fourth-order valence-corrected chi connectivity index (χ4v) is 3.27. The molecule has 1 saturated carbocycles. The maximum Gasteiger partial charge on any atom is 0.260 e. The van der Waals surface area contributed by atoms with Crippen LogP contribution in [0, 0.1) is 12.8 Å². The van der Waals surface area contributed by atoms with Crippen molar-refractivity contribution < 1.29 is 14.3 Å². The van der Waals surface area contributed by atoms with E-state index in [9.17, 15) is 4.79 Å². The summed E-state index contributed by atoms with van der Waals surface area (Å²) in [4.78, 5) is 21.2. The molecule has 0 bridgehead atoms. The summed E-state index contributed by atoms with van der Waals surface area (Å²) in [5.41, 5.74) is 7.95. The molecule has 148 valence electrons. The van der Waals surface area contributed by atoms with Gasteiger partial charge in [0, 0.05) is 37.1 Å². The lowest BCUT2D eigenvalue weighted by molar-refractivity contribution is 0.0496. The quantitative estimate of drug-likeness (QED) is 0.795. The first-order chi connectivity index (χ1) is 13.6. The number of carbonyl (C=O) groups excluding carboxylic acids is 1. The summed E-state index contributed by atoms with van der Waals surface area (Å²) in [7, 11) is 0. The van der Waals surface area contributed by atoms with E-state index >= 15 is 0 Å². The maximum absolute atomic E-state index is 12.6. The number of nitrogens with two attached hydrogens (primary N) is 1. The van der Waals surface area contributed by atoms with Crippen LogP contribution in [0.3, 0.4) is 0 Å². The lowest BCUT2D eigenvalue weighted by atomic mass is 10.0. The van der Waals surface area contributed by atoms with Gasteiger partial charge in [0.1, 0.15) is 23.0 Å². The van der Waals surface area contributed by atoms with Crippen molar-refractivity contribution in [2.75, 3.05) is 30.9 Å². The first-order valence-corrected chi connectivity index (χ1v) is 9.85. The van der Waals surface area contributed by atoms with Crippen molar-refractivity contribution in [3.05, 3.63) is 41.3 Å². The molecule has 2 aliphatic rings. The minimum absolute atomic E-state index is 0.220. The van der Waals surface area contributed by atoms with Gasteiger partial charge in [0.25, 0.3) is 5.91 Å². The van der Waals surface area contributed by atoms with E-state index in [4.69, 9.17) is 15.2 Å². The van der Waals surface area contributed by atoms with Crippen LogP contribution in [0.25, 0.3) is 0 Å². The molecule has 1 saturated heterocycles. The monoisotopic (exact) mass is 382 g/mol. The first-order valence-electron chi connectivity index (χ1n) is 9.85. The highest BCUT2D eigenvalue weighted by atomic mass is 16.5. The minimum Gasteiger partial charge on any atom is -0.493 e. The third-order valence-electron chi connectivity index (χ3n) is 5.29. The first kappa shape index (κ1) is 18.7. The van der Waals surface area contributed by atoms with Gasteiger partial charge < -0.3 is 20.5 Å². The van der Waals surface area contributed by atoms with Crippen molar-refractivity contribution >= 4 is 17.4 Å². The number of aryl methyl sites for hydroxylation is 1. The van der Waals surface area contributed by atoms with Crippen LogP contribution in [-0.2, 0) is 4.74 Å². The number of nitrogen functional groups attached to an aromatic ring is 1. The van der Waals surface area contributed by atoms with Gasteiger partial charge in [-0.15, -0.1) is 0 Å². The number of nitrogens with one attached hydrogen (secondary N) is 1. The van der Waals surface area contributed by atoms with Gasteiger partial charge in [-0.05, 0) is 50.2 Å². The number of ether oxygens (including phenoxy) is 2. The van der Waals surface area contributed by atoms with Crippen molar-refractivity contribution in [3.8, 4) is 5.75 Å². The predicted molar refractivity (Wildman–Crippen MR) is 107 cm³/mol. The zero-order valence-corrected chi connectivity index (χ0v) is 16.1. The van der Waals surface area contributed by atoms with Gasteiger partial charge in [0.2, 0.25) is 0 Å². The molecule has 2 heterocycles. The number of amides is 1. The van der Waals surface area contributed by atoms with Gasteiger partial charge in [-0.25, -0.2) is 9.97 Å². The van der Waals surface area contributed by atoms with E-state index in [1.807, 2.05) is 25.1 Å². The van der Waals surface area contributed by atoms with Crippen molar-refractivity contribution in [2.45, 2.75) is 38.5 Å². The van der Waals surface area contributed by atoms with Crippen molar-refractivity contribution in [1.29, 1.82) is 0 Å². The van der Waals surface area contributed by atoms with E-state index in [1.54, 1.807) is 0 Å². The van der Waals surface area contributed by atoms with Gasteiger partial charge in [-0.1, -0.05) is 6.07 Å². The number of aromatic nitrogens is 2. The summed E-state index contributed by atoms with van der Waals surface area (Å²) in [6.07, 6.45) is 5.73. The smallest absolute Gasteiger partial charge is 0.260 e. The van der Waals surface area contributed by atoms with Gasteiger partial charge >= 0.3 is 0 Å². The lowest BCUT2D eigenvalue weighted by Crippen LogP contribution is -2.21. The largest absolute Gasteiger partial charge is 0.493 e. The molecule has 28 heavy (non-hydrogen) atoms. The Bertz CT molecular complexity index is 861. The van der Waals surface area contributed by atoms with Crippen LogP contribution in [0.15, 0.2) is 24.4 Å². The summed E-state index contributed by atoms with van der Waals surface area (Å²) in [5, 5.41) is 2.87. The third kappa shape index (κ3) is 4.42. The second kappa shape index (κ2) is 8.14. The number of anilines is 2. The second-order valence-corrected chi connectivity index (χ2v) is 7.60. The van der Waals surface area contributed by atoms with Crippen molar-refractivity contribution in [3.63, 3.8) is 0 Å². The van der Waals surface area contributed by atoms with E-state index in [0.717, 1.165) is 56.0 Å². The van der Waals surface area contributed by atoms with Crippen LogP contribution >= 0.6 is 0 Å². The van der Waals surface area contributed by atoms with Crippen LogP contribution in [-0.4, -0.2) is 35.7 Å². The summed E-state index contributed by atoms with van der Waals surface area (Å²) < 4.78 is 11.4. The number of hydrogen-bond donors (Lipinski definition) is 2. The summed E-state index contributed by atoms with van der Waals surface area (Å²) >= 11 is 0. The molecule has 7 heteroatoms. The van der Waals surface area contributed by atoms with Crippen LogP contribution in [0.4, 0.5) is 11.5 Å². The molecule has 3 N–H and O–H groups in total. The Morgan fingerprint density at radius 3 is 2.79 bits per heavy atom. The predicted octanol–water partition coefficient (Wildman–Crippen LogP) is 3.30. The summed E-state index contributed by atoms with van der Waals surface area (Å²) in [6.45, 7) is 4.25. The Morgan fingerprint density at radius 1 is 1.29 bits per heavy atom. The highest BCUT2D eigenvalue weighted by Crippen LogP contribution is 2.38. The maximum atomic E-state index is 12.6. The average Bonchev–Trinajstić information content (AvgIpc) is 3.54. The van der Waals surface area contributed by atoms with Crippen molar-refractivity contribution in [1.82, 2.24) is 9.97 Å². The molecule has 1 aliphatic carbocycles. The molecule has 1 amide bonds. The molecule has 2 fully saturated rings. The normalized spacial score (nSPS) is 17.3. The number of hydrogen-bond acceptors (Lipinski definition) is 6. The van der Waals surface area contributed by atoms with Gasteiger partial charge in [0.15, 0.2) is 0 Å². The molecule has 1 aromatic carbocycles. The van der Waals surface area contributed by atoms with E-state index in [2.05, 4.69) is 15.3 Å². The lowest BCUT2D eigenvalue weighted by Gasteiger charge is -2.22. The Balaban J connectivity index is 1.41. The van der Waals surface area contributed by atoms with Gasteiger partial charge in [-0.2, -0.15) is 0 Å². The fraction of sp³-hybridized carbons (Fsp3) is 0.476. The van der Waals surface area contributed by atoms with Crippen LogP contribution in [0.2, 0.25) is 0 Å². The molecule has 2 aromatic rings. The van der Waals surface area contributed by atoms with E-state index in [1.165, 1.54) is 6.20 Å². The zero-order chi connectivity index (χ0) is 19.5. The van der Waals surface area contributed by atoms with Crippen LogP contribution in [0.5, 0.6) is 5.75 Å². The molecule has 4 rings (SSSR count). The second-order valence-electron chi connectivity index (χ2n) is 7.60. The molecular formula is C21H26N4O3. The molecular weight excluding hydrogens is 356 g/mol. The van der Waals surface area contributed by atoms with Crippen molar-refractivity contribution in [2.24, 2.45) is 5.92 Å². The average molecular weight is 382 g/mol. The van der Waals surface area contributed by atoms with Gasteiger partial charge in [-0.3, -0.25) is 4.79 Å². The molecule has 0 radical (unpaired) electrons. The van der Waals surface area contributed by atoms with E-state index in [-0.39, 0.29) is 17.3 Å². The number of nitrogens with zero attached hydrogens (tertiary/aromatic N) is 2. The molecule has 0 atom stereocenters. The fourth-order valence-electron chi connectivity index (χ4n) is 3.27. The van der Waals surface area contributed by atoms with Crippen LogP contribution < -0.4 is 15.8 Å². The highest BCUT2D eigenvalue weighted by Gasteiger charge is 2.27. The summed E-state index contributed by atoms with van der Waals surface area (Å²) in [6, 6.07) is 5.64. The number of carbonyl (C=O) groups is 1. The Hall–Kier alpha value is -2.67. The Labute approximate surface area is 164 Å². The molecule has 0 unspecified atom stereocenters. The SMILES string of the molecule is Cc1ccc(NC(=O)c2cnc(C3CC3)nc2N)cc1OCC1CCOCC1.